The number of hydrogen-bond acceptors (Lipinski definition) is 6. The molecule has 150 valence electrons. The first-order chi connectivity index (χ1) is 14.2. The van der Waals surface area contributed by atoms with Crippen LogP contribution in [0.1, 0.15) is 18.5 Å². The molecule has 3 aromatic heterocycles. The molecule has 1 atom stereocenters. The zero-order valence-electron chi connectivity index (χ0n) is 15.8. The van der Waals surface area contributed by atoms with Gasteiger partial charge in [0.15, 0.2) is 11.3 Å². The van der Waals surface area contributed by atoms with Crippen molar-refractivity contribution in [3.63, 3.8) is 0 Å². The topological polar surface area (TPSA) is 88.5 Å². The molecule has 1 aliphatic heterocycles. The number of ether oxygens (including phenoxy) is 2. The Hall–Kier alpha value is -2.75. The number of halogens is 1. The Balaban J connectivity index is 1.76. The third-order valence-electron chi connectivity index (χ3n) is 5.15. The van der Waals surface area contributed by atoms with Crippen LogP contribution in [0.4, 0.5) is 0 Å². The van der Waals surface area contributed by atoms with Gasteiger partial charge in [0.1, 0.15) is 12.0 Å². The molecule has 0 saturated carbocycles. The van der Waals surface area contributed by atoms with E-state index in [4.69, 9.17) is 21.1 Å². The van der Waals surface area contributed by atoms with Crippen LogP contribution in [0.5, 0.6) is 0 Å². The fourth-order valence-corrected chi connectivity index (χ4v) is 4.14. The summed E-state index contributed by atoms with van der Waals surface area (Å²) in [4.78, 5) is 18.0. The van der Waals surface area contributed by atoms with Crippen molar-refractivity contribution < 1.29 is 9.47 Å². The van der Waals surface area contributed by atoms with Crippen LogP contribution in [-0.4, -0.2) is 48.8 Å². The Bertz CT molecular complexity index is 1250. The lowest BCUT2D eigenvalue weighted by Crippen LogP contribution is -2.29. The molecule has 5 rings (SSSR count). The van der Waals surface area contributed by atoms with Gasteiger partial charge in [-0.1, -0.05) is 22.9 Å². The number of hydrogen-bond donors (Lipinski definition) is 0. The number of imidazole rings is 1. The number of nitrogens with zero attached hydrogens (tertiary/aromatic N) is 6. The zero-order chi connectivity index (χ0) is 20.0. The van der Waals surface area contributed by atoms with E-state index in [1.54, 1.807) is 34.7 Å². The molecule has 4 aromatic rings. The van der Waals surface area contributed by atoms with Gasteiger partial charge in [-0.2, -0.15) is 4.68 Å². The maximum Gasteiger partial charge on any atom is 0.279 e. The summed E-state index contributed by atoms with van der Waals surface area (Å²) in [6.07, 6.45) is 5.21. The van der Waals surface area contributed by atoms with E-state index in [1.165, 1.54) is 4.68 Å². The largest absolute Gasteiger partial charge is 0.378 e. The van der Waals surface area contributed by atoms with Crippen molar-refractivity contribution in [1.29, 1.82) is 0 Å². The number of methoxy groups -OCH3 is 1. The molecule has 1 unspecified atom stereocenters. The highest BCUT2D eigenvalue weighted by Crippen LogP contribution is 2.26. The molecule has 1 saturated heterocycles. The van der Waals surface area contributed by atoms with E-state index >= 15 is 0 Å². The summed E-state index contributed by atoms with van der Waals surface area (Å²) in [5.74, 6) is 0.410. The average molecular weight is 415 g/mol. The third-order valence-corrected chi connectivity index (χ3v) is 5.46. The molecule has 29 heavy (non-hydrogen) atoms. The molecule has 0 amide bonds. The minimum Gasteiger partial charge on any atom is -0.378 e. The summed E-state index contributed by atoms with van der Waals surface area (Å²) < 4.78 is 15.8. The van der Waals surface area contributed by atoms with Crippen LogP contribution >= 0.6 is 11.6 Å². The molecule has 0 spiro atoms. The molecule has 0 aliphatic carbocycles. The maximum absolute atomic E-state index is 13.6. The van der Waals surface area contributed by atoms with Gasteiger partial charge in [-0.3, -0.25) is 9.20 Å². The highest BCUT2D eigenvalue weighted by molar-refractivity contribution is 6.35. The zero-order valence-corrected chi connectivity index (χ0v) is 16.5. The van der Waals surface area contributed by atoms with Crippen molar-refractivity contribution >= 4 is 28.2 Å². The van der Waals surface area contributed by atoms with Crippen LogP contribution in [0.25, 0.3) is 22.4 Å². The van der Waals surface area contributed by atoms with E-state index < -0.39 is 0 Å². The van der Waals surface area contributed by atoms with Crippen molar-refractivity contribution in [2.45, 2.75) is 32.1 Å². The molecule has 0 bridgehead atoms. The first-order valence-electron chi connectivity index (χ1n) is 9.37. The van der Waals surface area contributed by atoms with Gasteiger partial charge in [0, 0.05) is 13.7 Å². The summed E-state index contributed by atoms with van der Waals surface area (Å²) in [5.41, 5.74) is 2.33. The van der Waals surface area contributed by atoms with Gasteiger partial charge in [-0.15, -0.1) is 5.10 Å². The maximum atomic E-state index is 13.6. The van der Waals surface area contributed by atoms with E-state index in [2.05, 4.69) is 15.3 Å². The second-order valence-electron chi connectivity index (χ2n) is 7.03. The van der Waals surface area contributed by atoms with Crippen LogP contribution in [0.15, 0.2) is 35.5 Å². The molecule has 4 heterocycles. The van der Waals surface area contributed by atoms with Gasteiger partial charge >= 0.3 is 0 Å². The quantitative estimate of drug-likeness (QED) is 0.497. The summed E-state index contributed by atoms with van der Waals surface area (Å²) in [5, 5.41) is 8.69. The highest BCUT2D eigenvalue weighted by atomic mass is 35.5. The molecule has 0 radical (unpaired) electrons. The molecular weight excluding hydrogens is 396 g/mol. The minimum absolute atomic E-state index is 0.0133. The van der Waals surface area contributed by atoms with Crippen LogP contribution < -0.4 is 5.56 Å². The highest BCUT2D eigenvalue weighted by Gasteiger charge is 2.23. The van der Waals surface area contributed by atoms with E-state index in [1.807, 2.05) is 12.1 Å². The van der Waals surface area contributed by atoms with Gasteiger partial charge in [-0.05, 0) is 25.0 Å². The van der Waals surface area contributed by atoms with E-state index in [0.29, 0.717) is 47.3 Å². The predicted octanol–water partition coefficient (Wildman–Crippen LogP) is 2.21. The standard InChI is InChI=1S/C19H19ClN6O3/c1-28-10-12-8-26(23-22-12)18-17-19(27)24(9-13-4-3-7-29-13)16-14(20)5-2-6-15(16)25(17)11-21-18/h2,5-6,8,11,13H,3-4,7,9-10H2,1H3. The summed E-state index contributed by atoms with van der Waals surface area (Å²) in [7, 11) is 1.59. The Labute approximate surface area is 170 Å². The van der Waals surface area contributed by atoms with Crippen LogP contribution in [-0.2, 0) is 22.6 Å². The second-order valence-corrected chi connectivity index (χ2v) is 7.44. The smallest absolute Gasteiger partial charge is 0.279 e. The van der Waals surface area contributed by atoms with E-state index in [0.717, 1.165) is 18.4 Å². The van der Waals surface area contributed by atoms with Gasteiger partial charge in [0.2, 0.25) is 0 Å². The first kappa shape index (κ1) is 18.3. The SMILES string of the molecule is COCc1cn(-c2ncn3c2c(=O)n(CC2CCCO2)c2c(Cl)cccc23)nn1. The summed E-state index contributed by atoms with van der Waals surface area (Å²) in [6, 6.07) is 5.56. The fourth-order valence-electron chi connectivity index (χ4n) is 3.87. The average Bonchev–Trinajstić information content (AvgIpc) is 3.46. The van der Waals surface area contributed by atoms with Gasteiger partial charge in [0.25, 0.3) is 5.56 Å². The number of fused-ring (bicyclic) bond motifs is 3. The third kappa shape index (κ3) is 3.02. The van der Waals surface area contributed by atoms with Crippen molar-refractivity contribution in [1.82, 2.24) is 28.9 Å². The van der Waals surface area contributed by atoms with Gasteiger partial charge in [0.05, 0.1) is 41.5 Å². The number of para-hydroxylation sites is 1. The molecule has 9 nitrogen and oxygen atoms in total. The molecule has 1 fully saturated rings. The second kappa shape index (κ2) is 7.25. The van der Waals surface area contributed by atoms with Crippen LogP contribution in [0.3, 0.4) is 0 Å². The van der Waals surface area contributed by atoms with Crippen molar-refractivity contribution in [3.05, 3.63) is 51.8 Å². The molecule has 1 aliphatic rings. The molecule has 10 heteroatoms. The summed E-state index contributed by atoms with van der Waals surface area (Å²) in [6.45, 7) is 1.48. The number of rotatable bonds is 5. The van der Waals surface area contributed by atoms with E-state index in [-0.39, 0.29) is 11.7 Å². The van der Waals surface area contributed by atoms with Crippen LogP contribution in [0, 0.1) is 0 Å². The molecule has 0 N–H and O–H groups in total. The van der Waals surface area contributed by atoms with E-state index in [9.17, 15) is 4.79 Å². The Kier molecular flexibility index (Phi) is 4.57. The van der Waals surface area contributed by atoms with Crippen molar-refractivity contribution in [2.24, 2.45) is 0 Å². The lowest BCUT2D eigenvalue weighted by Gasteiger charge is -2.17. The lowest BCUT2D eigenvalue weighted by atomic mass is 10.2. The predicted molar refractivity (Wildman–Crippen MR) is 107 cm³/mol. The van der Waals surface area contributed by atoms with Crippen LogP contribution in [0.2, 0.25) is 5.02 Å². The van der Waals surface area contributed by atoms with Crippen molar-refractivity contribution in [3.8, 4) is 5.82 Å². The van der Waals surface area contributed by atoms with Gasteiger partial charge in [-0.25, -0.2) is 4.98 Å². The number of aromatic nitrogens is 6. The normalized spacial score (nSPS) is 17.0. The fraction of sp³-hybridized carbons (Fsp3) is 0.368. The molecule has 1 aromatic carbocycles. The monoisotopic (exact) mass is 414 g/mol. The summed E-state index contributed by atoms with van der Waals surface area (Å²) >= 11 is 6.51. The Morgan fingerprint density at radius 3 is 3.03 bits per heavy atom. The molecular formula is C19H19ClN6O3. The van der Waals surface area contributed by atoms with Gasteiger partial charge < -0.3 is 14.0 Å². The van der Waals surface area contributed by atoms with Crippen molar-refractivity contribution in [2.75, 3.05) is 13.7 Å². The number of benzene rings is 1. The lowest BCUT2D eigenvalue weighted by molar-refractivity contribution is 0.0973. The first-order valence-corrected chi connectivity index (χ1v) is 9.75. The Morgan fingerprint density at radius 1 is 1.34 bits per heavy atom. The minimum atomic E-state index is -0.197. The Morgan fingerprint density at radius 2 is 2.24 bits per heavy atom.